The van der Waals surface area contributed by atoms with Crippen molar-refractivity contribution in [2.75, 3.05) is 7.05 Å². The van der Waals surface area contributed by atoms with Crippen LogP contribution in [0.2, 0.25) is 0 Å². The third kappa shape index (κ3) is 3.18. The monoisotopic (exact) mass is 264 g/mol. The Morgan fingerprint density at radius 2 is 2.11 bits per heavy atom. The van der Waals surface area contributed by atoms with Crippen LogP contribution in [0.25, 0.3) is 0 Å². The third-order valence-corrected chi connectivity index (χ3v) is 4.28. The average Bonchev–Trinajstić information content (AvgIpc) is 2.86. The molecule has 1 aromatic rings. The molecule has 0 saturated heterocycles. The minimum Gasteiger partial charge on any atom is -0.467 e. The molecule has 4 heteroatoms. The molecule has 1 fully saturated rings. The molecule has 1 aliphatic carbocycles. The van der Waals surface area contributed by atoms with Crippen LogP contribution in [0.3, 0.4) is 0 Å². The number of rotatable bonds is 3. The summed E-state index contributed by atoms with van der Waals surface area (Å²) < 4.78 is 5.23. The highest BCUT2D eigenvalue weighted by Crippen LogP contribution is 2.36. The molecule has 0 atom stereocenters. The zero-order chi connectivity index (χ0) is 14.0. The van der Waals surface area contributed by atoms with Crippen molar-refractivity contribution in [1.82, 2.24) is 4.90 Å². The molecule has 0 unspecified atom stereocenters. The van der Waals surface area contributed by atoms with Gasteiger partial charge in [-0.15, -0.1) is 0 Å². The number of hydrogen-bond acceptors (Lipinski definition) is 3. The standard InChI is InChI=1S/C15H24N2O2/c1-15(2)6-4-12(5-7-15)17(3)14(18)11-8-13(9-16)19-10-11/h8,10,12H,4-7,9,16H2,1-3H3. The van der Waals surface area contributed by atoms with Gasteiger partial charge in [0.1, 0.15) is 12.0 Å². The molecule has 1 aliphatic rings. The zero-order valence-corrected chi connectivity index (χ0v) is 12.1. The molecule has 0 aromatic carbocycles. The van der Waals surface area contributed by atoms with Gasteiger partial charge in [0.2, 0.25) is 0 Å². The minimum atomic E-state index is 0.0353. The Balaban J connectivity index is 1.99. The zero-order valence-electron chi connectivity index (χ0n) is 12.1. The van der Waals surface area contributed by atoms with E-state index in [9.17, 15) is 4.79 Å². The van der Waals surface area contributed by atoms with Crippen molar-refractivity contribution < 1.29 is 9.21 Å². The van der Waals surface area contributed by atoms with E-state index in [2.05, 4.69) is 13.8 Å². The lowest BCUT2D eigenvalue weighted by Gasteiger charge is -2.38. The van der Waals surface area contributed by atoms with Crippen molar-refractivity contribution in [3.8, 4) is 0 Å². The summed E-state index contributed by atoms with van der Waals surface area (Å²) in [5.74, 6) is 0.690. The first kappa shape index (κ1) is 14.1. The largest absolute Gasteiger partial charge is 0.467 e. The number of hydrogen-bond donors (Lipinski definition) is 1. The molecule has 0 bridgehead atoms. The fourth-order valence-corrected chi connectivity index (χ4v) is 2.74. The second-order valence-corrected chi connectivity index (χ2v) is 6.32. The lowest BCUT2D eigenvalue weighted by molar-refractivity contribution is 0.0634. The molecule has 2 N–H and O–H groups in total. The summed E-state index contributed by atoms with van der Waals surface area (Å²) >= 11 is 0. The molecule has 4 nitrogen and oxygen atoms in total. The van der Waals surface area contributed by atoms with E-state index in [1.807, 2.05) is 11.9 Å². The van der Waals surface area contributed by atoms with Gasteiger partial charge in [-0.25, -0.2) is 0 Å². The van der Waals surface area contributed by atoms with Gasteiger partial charge in [-0.05, 0) is 37.2 Å². The number of amides is 1. The van der Waals surface area contributed by atoms with Crippen LogP contribution in [0.4, 0.5) is 0 Å². The van der Waals surface area contributed by atoms with Gasteiger partial charge in [-0.2, -0.15) is 0 Å². The van der Waals surface area contributed by atoms with Crippen molar-refractivity contribution in [2.45, 2.75) is 52.1 Å². The van der Waals surface area contributed by atoms with Crippen LogP contribution in [0.1, 0.15) is 55.6 Å². The first-order chi connectivity index (χ1) is 8.93. The number of carbonyl (C=O) groups is 1. The van der Waals surface area contributed by atoms with Crippen LogP contribution in [-0.4, -0.2) is 23.9 Å². The van der Waals surface area contributed by atoms with Crippen molar-refractivity contribution in [3.05, 3.63) is 23.7 Å². The molecular weight excluding hydrogens is 240 g/mol. The predicted octanol–water partition coefficient (Wildman–Crippen LogP) is 2.78. The van der Waals surface area contributed by atoms with Crippen LogP contribution in [0.15, 0.2) is 16.7 Å². The van der Waals surface area contributed by atoms with Gasteiger partial charge in [-0.3, -0.25) is 4.79 Å². The highest BCUT2D eigenvalue weighted by Gasteiger charge is 2.31. The lowest BCUT2D eigenvalue weighted by Crippen LogP contribution is -2.40. The van der Waals surface area contributed by atoms with Gasteiger partial charge in [0.05, 0.1) is 12.1 Å². The van der Waals surface area contributed by atoms with Gasteiger partial charge < -0.3 is 15.1 Å². The van der Waals surface area contributed by atoms with E-state index in [-0.39, 0.29) is 5.91 Å². The fourth-order valence-electron chi connectivity index (χ4n) is 2.74. The van der Waals surface area contributed by atoms with Crippen molar-refractivity contribution in [2.24, 2.45) is 11.1 Å². The topological polar surface area (TPSA) is 59.5 Å². The lowest BCUT2D eigenvalue weighted by atomic mass is 9.75. The maximum Gasteiger partial charge on any atom is 0.257 e. The number of nitrogens with two attached hydrogens (primary N) is 1. The predicted molar refractivity (Wildman–Crippen MR) is 74.7 cm³/mol. The van der Waals surface area contributed by atoms with E-state index in [0.717, 1.165) is 12.8 Å². The Morgan fingerprint density at radius 3 is 2.63 bits per heavy atom. The number of nitrogens with zero attached hydrogens (tertiary/aromatic N) is 1. The summed E-state index contributed by atoms with van der Waals surface area (Å²) in [7, 11) is 1.89. The molecule has 1 heterocycles. The summed E-state index contributed by atoms with van der Waals surface area (Å²) in [4.78, 5) is 14.2. The quantitative estimate of drug-likeness (QED) is 0.913. The first-order valence-electron chi connectivity index (χ1n) is 6.97. The molecule has 0 spiro atoms. The minimum absolute atomic E-state index is 0.0353. The molecule has 19 heavy (non-hydrogen) atoms. The number of furan rings is 1. The maximum atomic E-state index is 12.4. The van der Waals surface area contributed by atoms with Crippen LogP contribution >= 0.6 is 0 Å². The molecule has 106 valence electrons. The molecule has 0 aliphatic heterocycles. The normalized spacial score (nSPS) is 19.4. The summed E-state index contributed by atoms with van der Waals surface area (Å²) in [5.41, 5.74) is 6.52. The summed E-state index contributed by atoms with van der Waals surface area (Å²) in [5, 5.41) is 0. The van der Waals surface area contributed by atoms with Gasteiger partial charge in [0.15, 0.2) is 0 Å². The van der Waals surface area contributed by atoms with Gasteiger partial charge >= 0.3 is 0 Å². The van der Waals surface area contributed by atoms with E-state index in [0.29, 0.717) is 29.3 Å². The Morgan fingerprint density at radius 1 is 1.47 bits per heavy atom. The second kappa shape index (κ2) is 5.37. The van der Waals surface area contributed by atoms with E-state index in [4.69, 9.17) is 10.2 Å². The second-order valence-electron chi connectivity index (χ2n) is 6.32. The third-order valence-electron chi connectivity index (χ3n) is 4.28. The van der Waals surface area contributed by atoms with Crippen molar-refractivity contribution in [1.29, 1.82) is 0 Å². The molecule has 0 radical (unpaired) electrons. The fraction of sp³-hybridized carbons (Fsp3) is 0.667. The van der Waals surface area contributed by atoms with Crippen LogP contribution in [0.5, 0.6) is 0 Å². The number of carbonyl (C=O) groups excluding carboxylic acids is 1. The van der Waals surface area contributed by atoms with E-state index in [1.165, 1.54) is 19.1 Å². The Labute approximate surface area is 114 Å². The average molecular weight is 264 g/mol. The summed E-state index contributed by atoms with van der Waals surface area (Å²) in [6.07, 6.45) is 6.02. The van der Waals surface area contributed by atoms with Crippen molar-refractivity contribution >= 4 is 5.91 Å². The maximum absolute atomic E-state index is 12.4. The van der Waals surface area contributed by atoms with Crippen LogP contribution in [0, 0.1) is 5.41 Å². The Kier molecular flexibility index (Phi) is 3.99. The summed E-state index contributed by atoms with van der Waals surface area (Å²) in [6, 6.07) is 2.09. The first-order valence-corrected chi connectivity index (χ1v) is 6.97. The molecule has 1 amide bonds. The van der Waals surface area contributed by atoms with E-state index >= 15 is 0 Å². The van der Waals surface area contributed by atoms with Crippen LogP contribution in [-0.2, 0) is 6.54 Å². The molecule has 2 rings (SSSR count). The van der Waals surface area contributed by atoms with Crippen molar-refractivity contribution in [3.63, 3.8) is 0 Å². The Hall–Kier alpha value is -1.29. The van der Waals surface area contributed by atoms with Gasteiger partial charge in [0.25, 0.3) is 5.91 Å². The summed E-state index contributed by atoms with van der Waals surface area (Å²) in [6.45, 7) is 4.93. The van der Waals surface area contributed by atoms with Gasteiger partial charge in [-0.1, -0.05) is 13.8 Å². The van der Waals surface area contributed by atoms with E-state index in [1.54, 1.807) is 6.07 Å². The molecule has 1 saturated carbocycles. The smallest absolute Gasteiger partial charge is 0.257 e. The SMILES string of the molecule is CN(C(=O)c1coc(CN)c1)C1CCC(C)(C)CC1. The van der Waals surface area contributed by atoms with Gasteiger partial charge in [0, 0.05) is 13.1 Å². The molecule has 1 aromatic heterocycles. The van der Waals surface area contributed by atoms with Crippen LogP contribution < -0.4 is 5.73 Å². The highest BCUT2D eigenvalue weighted by atomic mass is 16.3. The highest BCUT2D eigenvalue weighted by molar-refractivity contribution is 5.94. The van der Waals surface area contributed by atoms with E-state index < -0.39 is 0 Å². The molecular formula is C15H24N2O2. The Bertz CT molecular complexity index is 441.